The van der Waals surface area contributed by atoms with E-state index in [0.717, 1.165) is 18.0 Å². The third kappa shape index (κ3) is 2.59. The van der Waals surface area contributed by atoms with Crippen molar-refractivity contribution in [2.45, 2.75) is 5.03 Å². The predicted octanol–water partition coefficient (Wildman–Crippen LogP) is 0.981. The number of carbonyl (C=O) groups excluding carboxylic acids is 1. The number of halogens is 1. The van der Waals surface area contributed by atoms with Gasteiger partial charge in [0.25, 0.3) is 9.05 Å². The van der Waals surface area contributed by atoms with Gasteiger partial charge in [-0.1, -0.05) is 6.07 Å². The molecule has 0 aromatic carbocycles. The van der Waals surface area contributed by atoms with Crippen LogP contribution >= 0.6 is 10.7 Å². The van der Waals surface area contributed by atoms with E-state index in [1.54, 1.807) is 12.1 Å². The van der Waals surface area contributed by atoms with Crippen LogP contribution in [0.5, 0.6) is 0 Å². The highest BCUT2D eigenvalue weighted by Gasteiger charge is 2.28. The molecule has 0 fully saturated rings. The Morgan fingerprint density at radius 3 is 2.68 bits per heavy atom. The van der Waals surface area contributed by atoms with Crippen LogP contribution in [0.15, 0.2) is 35.6 Å². The van der Waals surface area contributed by atoms with E-state index in [4.69, 9.17) is 10.7 Å². The summed E-state index contributed by atoms with van der Waals surface area (Å²) in [6, 6.07) is 4.83. The quantitative estimate of drug-likeness (QED) is 0.620. The average Bonchev–Trinajstić information content (AvgIpc) is 2.83. The molecule has 7 nitrogen and oxygen atoms in total. The highest BCUT2D eigenvalue weighted by molar-refractivity contribution is 8.13. The second-order valence-electron chi connectivity index (χ2n) is 3.39. The first kappa shape index (κ1) is 13.5. The molecule has 0 saturated carbocycles. The van der Waals surface area contributed by atoms with Crippen LogP contribution in [0.3, 0.4) is 0 Å². The number of rotatable bonds is 3. The van der Waals surface area contributed by atoms with E-state index in [9.17, 15) is 13.2 Å². The van der Waals surface area contributed by atoms with E-state index in [1.807, 2.05) is 0 Å². The number of esters is 1. The molecule has 0 saturated heterocycles. The zero-order valence-electron chi connectivity index (χ0n) is 9.65. The first-order valence-corrected chi connectivity index (χ1v) is 7.28. The Morgan fingerprint density at radius 1 is 1.42 bits per heavy atom. The molecular weight excluding hydrogens is 294 g/mol. The highest BCUT2D eigenvalue weighted by atomic mass is 35.7. The Morgan fingerprint density at radius 2 is 2.16 bits per heavy atom. The summed E-state index contributed by atoms with van der Waals surface area (Å²) in [5, 5.41) is 3.34. The molecule has 0 amide bonds. The summed E-state index contributed by atoms with van der Waals surface area (Å²) in [4.78, 5) is 15.5. The predicted molar refractivity (Wildman–Crippen MR) is 65.7 cm³/mol. The average molecular weight is 302 g/mol. The van der Waals surface area contributed by atoms with Gasteiger partial charge in [-0.05, 0) is 12.1 Å². The van der Waals surface area contributed by atoms with Crippen molar-refractivity contribution in [3.63, 3.8) is 0 Å². The molecule has 100 valence electrons. The van der Waals surface area contributed by atoms with Crippen molar-refractivity contribution in [1.82, 2.24) is 14.8 Å². The number of aromatic nitrogens is 3. The van der Waals surface area contributed by atoms with Gasteiger partial charge in [0, 0.05) is 16.9 Å². The Balaban J connectivity index is 2.71. The third-order valence-electron chi connectivity index (χ3n) is 2.23. The molecule has 0 aliphatic heterocycles. The van der Waals surface area contributed by atoms with E-state index < -0.39 is 20.0 Å². The first-order valence-electron chi connectivity index (χ1n) is 4.97. The molecule has 2 aromatic rings. The SMILES string of the molecule is COC(=O)c1cnn(-c2ccccn2)c1S(=O)(=O)Cl. The summed E-state index contributed by atoms with van der Waals surface area (Å²) in [5.41, 5.74) is -0.247. The second kappa shape index (κ2) is 4.98. The van der Waals surface area contributed by atoms with Gasteiger partial charge < -0.3 is 4.74 Å². The fraction of sp³-hybridized carbons (Fsp3) is 0.100. The van der Waals surface area contributed by atoms with Crippen LogP contribution in [0.25, 0.3) is 5.82 Å². The lowest BCUT2D eigenvalue weighted by atomic mass is 10.4. The zero-order valence-corrected chi connectivity index (χ0v) is 11.2. The maximum Gasteiger partial charge on any atom is 0.342 e. The van der Waals surface area contributed by atoms with Crippen molar-refractivity contribution in [2.24, 2.45) is 0 Å². The Labute approximate surface area is 113 Å². The summed E-state index contributed by atoms with van der Waals surface area (Å²) in [6.07, 6.45) is 2.52. The van der Waals surface area contributed by atoms with Gasteiger partial charge in [0.1, 0.15) is 5.56 Å². The number of ether oxygens (including phenoxy) is 1. The fourth-order valence-corrected chi connectivity index (χ4v) is 2.66. The standard InChI is InChI=1S/C10H8ClN3O4S/c1-18-10(15)7-6-13-14(9(7)19(11,16)17)8-4-2-3-5-12-8/h2-6H,1H3. The number of pyridine rings is 1. The minimum Gasteiger partial charge on any atom is -0.465 e. The molecule has 0 unspecified atom stereocenters. The van der Waals surface area contributed by atoms with Crippen LogP contribution in [0.2, 0.25) is 0 Å². The van der Waals surface area contributed by atoms with Crippen molar-refractivity contribution < 1.29 is 17.9 Å². The monoisotopic (exact) mass is 301 g/mol. The molecule has 0 aliphatic rings. The van der Waals surface area contributed by atoms with Crippen LogP contribution in [0.1, 0.15) is 10.4 Å². The molecule has 2 rings (SSSR count). The van der Waals surface area contributed by atoms with E-state index in [2.05, 4.69) is 14.8 Å². The molecule has 19 heavy (non-hydrogen) atoms. The van der Waals surface area contributed by atoms with Gasteiger partial charge in [-0.25, -0.2) is 22.9 Å². The van der Waals surface area contributed by atoms with Gasteiger partial charge in [0.05, 0.1) is 13.3 Å². The van der Waals surface area contributed by atoms with Gasteiger partial charge in [-0.2, -0.15) is 5.10 Å². The summed E-state index contributed by atoms with van der Waals surface area (Å²) in [6.45, 7) is 0. The fourth-order valence-electron chi connectivity index (χ4n) is 1.46. The minimum absolute atomic E-state index is 0.219. The lowest BCUT2D eigenvalue weighted by Gasteiger charge is -2.04. The molecule has 2 heterocycles. The first-order chi connectivity index (χ1) is 8.95. The zero-order chi connectivity index (χ0) is 14.0. The van der Waals surface area contributed by atoms with Gasteiger partial charge in [0.15, 0.2) is 10.8 Å². The molecule has 0 radical (unpaired) electrons. The number of nitrogens with zero attached hydrogens (tertiary/aromatic N) is 3. The second-order valence-corrected chi connectivity index (χ2v) is 5.87. The van der Waals surface area contributed by atoms with E-state index in [1.165, 1.54) is 12.3 Å². The largest absolute Gasteiger partial charge is 0.465 e. The van der Waals surface area contributed by atoms with Crippen LogP contribution in [-0.2, 0) is 13.8 Å². The molecule has 0 bridgehead atoms. The highest BCUT2D eigenvalue weighted by Crippen LogP contribution is 2.23. The number of methoxy groups -OCH3 is 1. The Hall–Kier alpha value is -1.93. The molecule has 0 aliphatic carbocycles. The minimum atomic E-state index is -4.19. The van der Waals surface area contributed by atoms with E-state index in [-0.39, 0.29) is 11.4 Å². The van der Waals surface area contributed by atoms with Gasteiger partial charge in [0.2, 0.25) is 0 Å². The molecule has 0 atom stereocenters. The van der Waals surface area contributed by atoms with Gasteiger partial charge >= 0.3 is 5.97 Å². The van der Waals surface area contributed by atoms with Gasteiger partial charge in [-0.15, -0.1) is 0 Å². The Bertz CT molecular complexity index is 712. The molecule has 9 heteroatoms. The summed E-state index contributed by atoms with van der Waals surface area (Å²) >= 11 is 0. The lowest BCUT2D eigenvalue weighted by molar-refractivity contribution is 0.0596. The van der Waals surface area contributed by atoms with Crippen LogP contribution in [-0.4, -0.2) is 36.3 Å². The summed E-state index contributed by atoms with van der Waals surface area (Å²) in [7, 11) is 2.27. The number of hydrogen-bond donors (Lipinski definition) is 0. The molecule has 2 aromatic heterocycles. The molecular formula is C10H8ClN3O4S. The number of hydrogen-bond acceptors (Lipinski definition) is 6. The van der Waals surface area contributed by atoms with Gasteiger partial charge in [-0.3, -0.25) is 0 Å². The van der Waals surface area contributed by atoms with Crippen LogP contribution in [0.4, 0.5) is 0 Å². The summed E-state index contributed by atoms with van der Waals surface area (Å²) < 4.78 is 28.6. The maximum atomic E-state index is 11.6. The van der Waals surface area contributed by atoms with Crippen molar-refractivity contribution in [3.05, 3.63) is 36.2 Å². The smallest absolute Gasteiger partial charge is 0.342 e. The van der Waals surface area contributed by atoms with Crippen molar-refractivity contribution in [1.29, 1.82) is 0 Å². The molecule has 0 N–H and O–H groups in total. The maximum absolute atomic E-state index is 11.6. The van der Waals surface area contributed by atoms with Crippen molar-refractivity contribution in [2.75, 3.05) is 7.11 Å². The van der Waals surface area contributed by atoms with Crippen LogP contribution in [0, 0.1) is 0 Å². The van der Waals surface area contributed by atoms with Crippen LogP contribution < -0.4 is 0 Å². The molecule has 0 spiro atoms. The van der Waals surface area contributed by atoms with E-state index >= 15 is 0 Å². The normalized spacial score (nSPS) is 11.3. The summed E-state index contributed by atoms with van der Waals surface area (Å²) in [5.74, 6) is -0.627. The van der Waals surface area contributed by atoms with Crippen molar-refractivity contribution in [3.8, 4) is 5.82 Å². The number of carbonyl (C=O) groups is 1. The topological polar surface area (TPSA) is 91.2 Å². The van der Waals surface area contributed by atoms with E-state index in [0.29, 0.717) is 0 Å². The lowest BCUT2D eigenvalue weighted by Crippen LogP contribution is -2.11. The Kier molecular flexibility index (Phi) is 3.54. The third-order valence-corrected chi connectivity index (χ3v) is 3.52. The van der Waals surface area contributed by atoms with Crippen molar-refractivity contribution >= 4 is 25.7 Å².